The Morgan fingerprint density at radius 3 is 2.62 bits per heavy atom. The number of carbonyl (C=O) groups excluding carboxylic acids is 1. The number of ketones is 1. The van der Waals surface area contributed by atoms with Crippen molar-refractivity contribution in [2.45, 2.75) is 39.2 Å². The highest BCUT2D eigenvalue weighted by molar-refractivity contribution is 5.97. The second-order valence-corrected chi connectivity index (χ2v) is 8.96. The standard InChI is InChI=1S/C27H29N5O2/c1-19-5-10-23(34-27-12-11-26-29-25(28)18-32(26)30-27)15-22(19)16-24(33)21-8-6-20(7-9-21)17-31-13-3-2-4-14-31/h5-12,15,18H,2-4,13-14,16-17,28H2,1H3. The van der Waals surface area contributed by atoms with Gasteiger partial charge in [0.25, 0.3) is 0 Å². The maximum Gasteiger partial charge on any atom is 0.237 e. The van der Waals surface area contributed by atoms with Crippen LogP contribution >= 0.6 is 0 Å². The predicted molar refractivity (Wildman–Crippen MR) is 132 cm³/mol. The summed E-state index contributed by atoms with van der Waals surface area (Å²) in [5.74, 6) is 1.55. The number of nitrogens with zero attached hydrogens (tertiary/aromatic N) is 4. The molecule has 34 heavy (non-hydrogen) atoms. The number of likely N-dealkylation sites (tertiary alicyclic amines) is 1. The van der Waals surface area contributed by atoms with Gasteiger partial charge in [-0.1, -0.05) is 36.8 Å². The van der Waals surface area contributed by atoms with Crippen LogP contribution in [-0.4, -0.2) is 38.4 Å². The summed E-state index contributed by atoms with van der Waals surface area (Å²) in [6, 6.07) is 17.4. The molecule has 2 aromatic heterocycles. The Morgan fingerprint density at radius 1 is 1.03 bits per heavy atom. The number of imidazole rings is 1. The van der Waals surface area contributed by atoms with E-state index < -0.39 is 0 Å². The molecule has 1 saturated heterocycles. The average molecular weight is 456 g/mol. The Labute approximate surface area is 199 Å². The number of anilines is 1. The van der Waals surface area contributed by atoms with Gasteiger partial charge in [0, 0.05) is 24.6 Å². The first-order chi connectivity index (χ1) is 16.5. The number of ether oxygens (including phenoxy) is 1. The number of rotatable bonds is 7. The fraction of sp³-hybridized carbons (Fsp3) is 0.296. The lowest BCUT2D eigenvalue weighted by Gasteiger charge is -2.26. The van der Waals surface area contributed by atoms with E-state index in [9.17, 15) is 4.79 Å². The van der Waals surface area contributed by atoms with E-state index >= 15 is 0 Å². The van der Waals surface area contributed by atoms with Gasteiger partial charge in [-0.3, -0.25) is 9.69 Å². The molecule has 174 valence electrons. The highest BCUT2D eigenvalue weighted by Gasteiger charge is 2.13. The molecule has 0 amide bonds. The Morgan fingerprint density at radius 2 is 1.82 bits per heavy atom. The predicted octanol–water partition coefficient (Wildman–Crippen LogP) is 4.82. The Balaban J connectivity index is 1.26. The summed E-state index contributed by atoms with van der Waals surface area (Å²) in [6.45, 7) is 5.29. The molecule has 0 radical (unpaired) electrons. The smallest absolute Gasteiger partial charge is 0.237 e. The first kappa shape index (κ1) is 22.1. The summed E-state index contributed by atoms with van der Waals surface area (Å²) in [5.41, 5.74) is 10.4. The molecule has 1 fully saturated rings. The number of benzene rings is 2. The van der Waals surface area contributed by atoms with Crippen LogP contribution < -0.4 is 10.5 Å². The third-order valence-electron chi connectivity index (χ3n) is 6.34. The monoisotopic (exact) mass is 455 g/mol. The number of aromatic nitrogens is 3. The third kappa shape index (κ3) is 5.10. The van der Waals surface area contributed by atoms with Crippen LogP contribution in [0.5, 0.6) is 11.6 Å². The molecule has 1 aliphatic rings. The minimum atomic E-state index is 0.0956. The molecule has 1 aliphatic heterocycles. The zero-order valence-electron chi connectivity index (χ0n) is 19.4. The van der Waals surface area contributed by atoms with Gasteiger partial charge in [0.05, 0.1) is 6.20 Å². The van der Waals surface area contributed by atoms with Gasteiger partial charge in [0.2, 0.25) is 5.88 Å². The van der Waals surface area contributed by atoms with Crippen LogP contribution in [0, 0.1) is 6.92 Å². The van der Waals surface area contributed by atoms with E-state index in [1.165, 1.54) is 24.8 Å². The van der Waals surface area contributed by atoms with Crippen LogP contribution in [0.15, 0.2) is 60.8 Å². The number of hydrogen-bond donors (Lipinski definition) is 1. The Bertz CT molecular complexity index is 1310. The first-order valence-corrected chi connectivity index (χ1v) is 11.8. The van der Waals surface area contributed by atoms with E-state index in [0.717, 1.165) is 36.3 Å². The van der Waals surface area contributed by atoms with Crippen LogP contribution in [0.3, 0.4) is 0 Å². The Hall–Kier alpha value is -3.71. The molecule has 4 aromatic rings. The molecule has 0 bridgehead atoms. The van der Waals surface area contributed by atoms with Gasteiger partial charge in [0.15, 0.2) is 11.4 Å². The summed E-state index contributed by atoms with van der Waals surface area (Å²) < 4.78 is 7.53. The van der Waals surface area contributed by atoms with Gasteiger partial charge in [-0.2, -0.15) is 0 Å². The van der Waals surface area contributed by atoms with Crippen LogP contribution in [0.1, 0.15) is 46.3 Å². The van der Waals surface area contributed by atoms with Gasteiger partial charge < -0.3 is 10.5 Å². The second kappa shape index (κ2) is 9.65. The number of nitrogens with two attached hydrogens (primary N) is 1. The zero-order chi connectivity index (χ0) is 23.5. The van der Waals surface area contributed by atoms with E-state index in [0.29, 0.717) is 29.5 Å². The topological polar surface area (TPSA) is 85.7 Å². The lowest BCUT2D eigenvalue weighted by atomic mass is 9.98. The van der Waals surface area contributed by atoms with Crippen molar-refractivity contribution in [2.75, 3.05) is 18.8 Å². The van der Waals surface area contributed by atoms with Crippen molar-refractivity contribution in [1.29, 1.82) is 0 Å². The van der Waals surface area contributed by atoms with E-state index in [1.807, 2.05) is 37.3 Å². The van der Waals surface area contributed by atoms with E-state index in [-0.39, 0.29) is 5.78 Å². The fourth-order valence-electron chi connectivity index (χ4n) is 4.41. The van der Waals surface area contributed by atoms with Gasteiger partial charge in [-0.05, 0) is 67.7 Å². The van der Waals surface area contributed by atoms with Crippen LogP contribution in [0.2, 0.25) is 0 Å². The molecule has 0 unspecified atom stereocenters. The highest BCUT2D eigenvalue weighted by Crippen LogP contribution is 2.24. The lowest BCUT2D eigenvalue weighted by Crippen LogP contribution is -2.29. The summed E-state index contributed by atoms with van der Waals surface area (Å²) >= 11 is 0. The SMILES string of the molecule is Cc1ccc(Oc2ccc3nc(N)cn3n2)cc1CC(=O)c1ccc(CN2CCCCC2)cc1. The van der Waals surface area contributed by atoms with Crippen molar-refractivity contribution in [1.82, 2.24) is 19.5 Å². The average Bonchev–Trinajstić information content (AvgIpc) is 3.21. The number of piperidine rings is 1. The molecule has 7 nitrogen and oxygen atoms in total. The number of Topliss-reactive ketones (excluding diaryl/α,β-unsaturated/α-hetero) is 1. The molecule has 0 atom stereocenters. The Kier molecular flexibility index (Phi) is 6.27. The quantitative estimate of drug-likeness (QED) is 0.402. The van der Waals surface area contributed by atoms with Gasteiger partial charge in [-0.25, -0.2) is 9.50 Å². The van der Waals surface area contributed by atoms with Crippen molar-refractivity contribution >= 4 is 17.2 Å². The maximum atomic E-state index is 13.0. The normalized spacial score (nSPS) is 14.4. The van der Waals surface area contributed by atoms with Crippen LogP contribution in [0.25, 0.3) is 5.65 Å². The second-order valence-electron chi connectivity index (χ2n) is 8.96. The molecule has 2 aromatic carbocycles. The molecule has 3 heterocycles. The van der Waals surface area contributed by atoms with Crippen LogP contribution in [0.4, 0.5) is 5.82 Å². The van der Waals surface area contributed by atoms with Crippen molar-refractivity contribution in [3.63, 3.8) is 0 Å². The largest absolute Gasteiger partial charge is 0.438 e. The van der Waals surface area contributed by atoms with E-state index in [4.69, 9.17) is 10.5 Å². The summed E-state index contributed by atoms with van der Waals surface area (Å²) in [5, 5.41) is 4.38. The molecular formula is C27H29N5O2. The molecule has 0 saturated carbocycles. The number of aryl methyl sites for hydroxylation is 1. The van der Waals surface area contributed by atoms with Gasteiger partial charge >= 0.3 is 0 Å². The highest BCUT2D eigenvalue weighted by atomic mass is 16.5. The summed E-state index contributed by atoms with van der Waals surface area (Å²) in [7, 11) is 0. The fourth-order valence-corrected chi connectivity index (χ4v) is 4.41. The minimum absolute atomic E-state index is 0.0956. The lowest BCUT2D eigenvalue weighted by molar-refractivity contribution is 0.0992. The third-order valence-corrected chi connectivity index (χ3v) is 6.34. The number of nitrogen functional groups attached to an aromatic ring is 1. The summed E-state index contributed by atoms with van der Waals surface area (Å²) in [6.07, 6.45) is 5.85. The zero-order valence-corrected chi connectivity index (χ0v) is 19.4. The van der Waals surface area contributed by atoms with E-state index in [1.54, 1.807) is 22.8 Å². The van der Waals surface area contributed by atoms with Crippen LogP contribution in [-0.2, 0) is 13.0 Å². The summed E-state index contributed by atoms with van der Waals surface area (Å²) in [4.78, 5) is 19.7. The molecular weight excluding hydrogens is 426 g/mol. The van der Waals surface area contributed by atoms with Gasteiger partial charge in [0.1, 0.15) is 11.6 Å². The van der Waals surface area contributed by atoms with Crippen molar-refractivity contribution in [2.24, 2.45) is 0 Å². The number of carbonyl (C=O) groups is 1. The maximum absolute atomic E-state index is 13.0. The molecule has 2 N–H and O–H groups in total. The van der Waals surface area contributed by atoms with Crippen molar-refractivity contribution in [3.05, 3.63) is 83.0 Å². The van der Waals surface area contributed by atoms with Crippen molar-refractivity contribution in [3.8, 4) is 11.6 Å². The molecule has 0 aliphatic carbocycles. The molecule has 5 rings (SSSR count). The molecule has 0 spiro atoms. The number of hydrogen-bond acceptors (Lipinski definition) is 6. The van der Waals surface area contributed by atoms with E-state index in [2.05, 4.69) is 27.1 Å². The number of fused-ring (bicyclic) bond motifs is 1. The molecule has 7 heteroatoms. The van der Waals surface area contributed by atoms with Gasteiger partial charge in [-0.15, -0.1) is 5.10 Å². The van der Waals surface area contributed by atoms with Crippen molar-refractivity contribution < 1.29 is 9.53 Å². The minimum Gasteiger partial charge on any atom is -0.438 e. The first-order valence-electron chi connectivity index (χ1n) is 11.8.